The summed E-state index contributed by atoms with van der Waals surface area (Å²) in [4.78, 5) is 0. The number of hydrogen-bond acceptors (Lipinski definition) is 0. The van der Waals surface area contributed by atoms with Crippen LogP contribution in [-0.2, 0) is 12.6 Å². The summed E-state index contributed by atoms with van der Waals surface area (Å²) >= 11 is 0. The first kappa shape index (κ1) is 19.8. The van der Waals surface area contributed by atoms with E-state index in [0.29, 0.717) is 5.92 Å². The molecule has 0 spiro atoms. The molecule has 162 valence electrons. The molecule has 3 aromatic carbocycles. The highest BCUT2D eigenvalue weighted by atomic mass is 19.4. The van der Waals surface area contributed by atoms with E-state index < -0.39 is 11.7 Å². The van der Waals surface area contributed by atoms with E-state index in [0.717, 1.165) is 35.3 Å². The molecule has 0 nitrogen and oxygen atoms in total. The molecule has 1 fully saturated rings. The molecule has 0 bridgehead atoms. The van der Waals surface area contributed by atoms with Crippen LogP contribution in [0.5, 0.6) is 0 Å². The van der Waals surface area contributed by atoms with Crippen LogP contribution >= 0.6 is 0 Å². The molecule has 3 aliphatic rings. The van der Waals surface area contributed by atoms with Crippen LogP contribution < -0.4 is 0 Å². The van der Waals surface area contributed by atoms with Gasteiger partial charge in [-0.25, -0.2) is 0 Å². The number of halogens is 3. The second kappa shape index (κ2) is 7.37. The van der Waals surface area contributed by atoms with Gasteiger partial charge in [-0.2, -0.15) is 13.2 Å². The van der Waals surface area contributed by atoms with Crippen LogP contribution in [0.1, 0.15) is 48.8 Å². The minimum atomic E-state index is -4.31. The molecule has 6 rings (SSSR count). The summed E-state index contributed by atoms with van der Waals surface area (Å²) < 4.78 is 38.8. The maximum Gasteiger partial charge on any atom is 0.416 e. The minimum absolute atomic E-state index is 0.609. The van der Waals surface area contributed by atoms with E-state index in [1.807, 2.05) is 0 Å². The van der Waals surface area contributed by atoms with Gasteiger partial charge >= 0.3 is 6.18 Å². The fourth-order valence-electron chi connectivity index (χ4n) is 5.86. The Labute approximate surface area is 186 Å². The number of alkyl halides is 3. The molecule has 0 N–H and O–H groups in total. The lowest BCUT2D eigenvalue weighted by Gasteiger charge is -2.40. The fraction of sp³-hybridized carbons (Fsp3) is 0.310. The predicted octanol–water partition coefficient (Wildman–Crippen LogP) is 8.60. The largest absolute Gasteiger partial charge is 0.416 e. The van der Waals surface area contributed by atoms with E-state index in [1.54, 1.807) is 17.7 Å². The first-order chi connectivity index (χ1) is 15.5. The zero-order valence-electron chi connectivity index (χ0n) is 17.9. The van der Waals surface area contributed by atoms with Gasteiger partial charge in [-0.3, -0.25) is 0 Å². The Morgan fingerprint density at radius 2 is 1.62 bits per heavy atom. The lowest BCUT2D eigenvalue weighted by atomic mass is 9.64. The van der Waals surface area contributed by atoms with Gasteiger partial charge in [0.2, 0.25) is 0 Å². The summed E-state index contributed by atoms with van der Waals surface area (Å²) in [6.45, 7) is 0. The third-order valence-corrected chi connectivity index (χ3v) is 7.77. The zero-order valence-corrected chi connectivity index (χ0v) is 17.9. The Morgan fingerprint density at radius 3 is 2.34 bits per heavy atom. The average molecular weight is 431 g/mol. The maximum absolute atomic E-state index is 12.9. The normalized spacial score (nSPS) is 20.8. The van der Waals surface area contributed by atoms with Crippen molar-refractivity contribution in [1.29, 1.82) is 0 Å². The van der Waals surface area contributed by atoms with Gasteiger partial charge in [-0.15, -0.1) is 0 Å². The van der Waals surface area contributed by atoms with Crippen molar-refractivity contribution in [3.63, 3.8) is 0 Å². The zero-order chi connectivity index (χ0) is 21.9. The second-order valence-electron chi connectivity index (χ2n) is 9.48. The monoisotopic (exact) mass is 430 g/mol. The SMILES string of the molecule is FC(F)(F)c1ccc(-c2ccc3c4c(ccc3c2)C2=C(CCC=C2)C(C2CCC2)C4)cc1. The molecule has 0 aromatic heterocycles. The molecule has 1 saturated carbocycles. The van der Waals surface area contributed by atoms with Crippen molar-refractivity contribution >= 4 is 16.3 Å². The van der Waals surface area contributed by atoms with Crippen molar-refractivity contribution in [1.82, 2.24) is 0 Å². The van der Waals surface area contributed by atoms with Gasteiger partial charge in [0.25, 0.3) is 0 Å². The van der Waals surface area contributed by atoms with E-state index in [1.165, 1.54) is 59.9 Å². The topological polar surface area (TPSA) is 0 Å². The molecule has 0 heterocycles. The maximum atomic E-state index is 12.9. The van der Waals surface area contributed by atoms with Gasteiger partial charge < -0.3 is 0 Å². The number of hydrogen-bond donors (Lipinski definition) is 0. The average Bonchev–Trinajstić information content (AvgIpc) is 2.77. The van der Waals surface area contributed by atoms with E-state index in [-0.39, 0.29) is 0 Å². The molecular weight excluding hydrogens is 405 g/mol. The Bertz CT molecular complexity index is 1250. The number of fused-ring (bicyclic) bond motifs is 4. The summed E-state index contributed by atoms with van der Waals surface area (Å²) in [7, 11) is 0. The van der Waals surface area contributed by atoms with Crippen molar-refractivity contribution < 1.29 is 13.2 Å². The van der Waals surface area contributed by atoms with Crippen LogP contribution in [0.2, 0.25) is 0 Å². The van der Waals surface area contributed by atoms with Gasteiger partial charge in [0.15, 0.2) is 0 Å². The minimum Gasteiger partial charge on any atom is -0.166 e. The van der Waals surface area contributed by atoms with Crippen LogP contribution in [0.4, 0.5) is 13.2 Å². The highest BCUT2D eigenvalue weighted by Gasteiger charge is 2.35. The molecule has 3 heteroatoms. The first-order valence-electron chi connectivity index (χ1n) is 11.6. The third kappa shape index (κ3) is 3.21. The van der Waals surface area contributed by atoms with Crippen LogP contribution in [0.15, 0.2) is 72.3 Å². The predicted molar refractivity (Wildman–Crippen MR) is 124 cm³/mol. The van der Waals surface area contributed by atoms with Crippen LogP contribution in [0.25, 0.3) is 27.5 Å². The van der Waals surface area contributed by atoms with Crippen molar-refractivity contribution in [2.45, 2.75) is 44.7 Å². The van der Waals surface area contributed by atoms with Crippen molar-refractivity contribution in [3.8, 4) is 11.1 Å². The second-order valence-corrected chi connectivity index (χ2v) is 9.48. The van der Waals surface area contributed by atoms with Crippen molar-refractivity contribution in [3.05, 3.63) is 89.0 Å². The summed E-state index contributed by atoms with van der Waals surface area (Å²) in [5.41, 5.74) is 7.10. The van der Waals surface area contributed by atoms with Gasteiger partial charge in [0, 0.05) is 0 Å². The highest BCUT2D eigenvalue weighted by molar-refractivity contribution is 5.96. The third-order valence-electron chi connectivity index (χ3n) is 7.77. The quantitative estimate of drug-likeness (QED) is 0.382. The molecule has 3 aromatic rings. The summed E-state index contributed by atoms with van der Waals surface area (Å²) in [6.07, 6.45) is 7.86. The first-order valence-corrected chi connectivity index (χ1v) is 11.6. The van der Waals surface area contributed by atoms with E-state index in [4.69, 9.17) is 0 Å². The number of allylic oxidation sites excluding steroid dienone is 4. The summed E-state index contributed by atoms with van der Waals surface area (Å²) in [5, 5.41) is 2.45. The number of benzene rings is 3. The Balaban J connectivity index is 1.42. The highest BCUT2D eigenvalue weighted by Crippen LogP contribution is 2.49. The number of rotatable bonds is 2. The van der Waals surface area contributed by atoms with E-state index in [9.17, 15) is 13.2 Å². The fourth-order valence-corrected chi connectivity index (χ4v) is 5.86. The molecule has 32 heavy (non-hydrogen) atoms. The molecule has 0 saturated heterocycles. The van der Waals surface area contributed by atoms with Crippen molar-refractivity contribution in [2.24, 2.45) is 11.8 Å². The molecule has 0 radical (unpaired) electrons. The van der Waals surface area contributed by atoms with Gasteiger partial charge in [0.05, 0.1) is 5.56 Å². The molecule has 3 aliphatic carbocycles. The standard InChI is InChI=1S/C29H25F3/c30-29(31,32)22-12-8-18(9-13-22)20-10-14-23-21(16-20)11-15-26-24-6-1-2-7-25(24)27(17-28(23)26)19-4-3-5-19/h1,6,8-16,19,27H,2-5,7,17H2. The van der Waals surface area contributed by atoms with Crippen LogP contribution in [0, 0.1) is 11.8 Å². The Hall–Kier alpha value is -2.81. The molecule has 0 amide bonds. The molecule has 1 unspecified atom stereocenters. The van der Waals surface area contributed by atoms with Gasteiger partial charge in [-0.1, -0.05) is 60.5 Å². The summed E-state index contributed by atoms with van der Waals surface area (Å²) in [5.74, 6) is 1.48. The van der Waals surface area contributed by atoms with Gasteiger partial charge in [0.1, 0.15) is 0 Å². The summed E-state index contributed by atoms with van der Waals surface area (Å²) in [6, 6.07) is 16.3. The van der Waals surface area contributed by atoms with E-state index >= 15 is 0 Å². The lowest BCUT2D eigenvalue weighted by molar-refractivity contribution is -0.137. The molecule has 0 aliphatic heterocycles. The smallest absolute Gasteiger partial charge is 0.166 e. The van der Waals surface area contributed by atoms with Crippen LogP contribution in [-0.4, -0.2) is 0 Å². The lowest BCUT2D eigenvalue weighted by Crippen LogP contribution is -2.29. The van der Waals surface area contributed by atoms with Crippen LogP contribution in [0.3, 0.4) is 0 Å². The van der Waals surface area contributed by atoms with Gasteiger partial charge in [-0.05, 0) is 101 Å². The van der Waals surface area contributed by atoms with E-state index in [2.05, 4.69) is 42.5 Å². The Morgan fingerprint density at radius 1 is 0.844 bits per heavy atom. The molecular formula is C29H25F3. The molecule has 1 atom stereocenters. The van der Waals surface area contributed by atoms with Crippen molar-refractivity contribution in [2.75, 3.05) is 0 Å². The Kier molecular flexibility index (Phi) is 4.57.